The number of rotatable bonds is 3. The van der Waals surface area contributed by atoms with Crippen molar-refractivity contribution in [3.8, 4) is 5.75 Å². The molecule has 0 saturated heterocycles. The SMILES string of the molecule is NCc1ccc(OC2C=CCCC2)c(C(F)(F)F)c1. The van der Waals surface area contributed by atoms with Gasteiger partial charge in [0.2, 0.25) is 0 Å². The average molecular weight is 271 g/mol. The fourth-order valence-electron chi connectivity index (χ4n) is 2.07. The van der Waals surface area contributed by atoms with E-state index in [9.17, 15) is 13.2 Å². The number of nitrogens with two attached hydrogens (primary N) is 1. The Kier molecular flexibility index (Phi) is 4.14. The number of ether oxygens (including phenoxy) is 1. The molecule has 0 saturated carbocycles. The maximum atomic E-state index is 13.0. The Labute approximate surface area is 110 Å². The predicted molar refractivity (Wildman–Crippen MR) is 66.7 cm³/mol. The smallest absolute Gasteiger partial charge is 0.419 e. The Morgan fingerprint density at radius 1 is 1.32 bits per heavy atom. The van der Waals surface area contributed by atoms with Gasteiger partial charge in [-0.25, -0.2) is 0 Å². The highest BCUT2D eigenvalue weighted by Gasteiger charge is 2.35. The van der Waals surface area contributed by atoms with Gasteiger partial charge in [0.1, 0.15) is 11.9 Å². The lowest BCUT2D eigenvalue weighted by atomic mass is 10.0. The zero-order chi connectivity index (χ0) is 13.9. The standard InChI is InChI=1S/C14H16F3NO/c15-14(16,17)12-8-10(9-18)6-7-13(12)19-11-4-2-1-3-5-11/h2,4,6-8,11H,1,3,5,9,18H2. The van der Waals surface area contributed by atoms with E-state index in [1.807, 2.05) is 12.2 Å². The topological polar surface area (TPSA) is 35.2 Å². The van der Waals surface area contributed by atoms with Gasteiger partial charge in [0.15, 0.2) is 0 Å². The molecule has 104 valence electrons. The number of allylic oxidation sites excluding steroid dienone is 1. The van der Waals surface area contributed by atoms with Gasteiger partial charge in [-0.2, -0.15) is 13.2 Å². The molecule has 0 spiro atoms. The molecule has 0 aromatic heterocycles. The molecular formula is C14H16F3NO. The Bertz CT molecular complexity index is 468. The highest BCUT2D eigenvalue weighted by molar-refractivity contribution is 5.39. The van der Waals surface area contributed by atoms with Crippen molar-refractivity contribution in [2.45, 2.75) is 38.1 Å². The molecule has 0 heterocycles. The number of alkyl halides is 3. The Balaban J connectivity index is 2.28. The molecule has 0 amide bonds. The molecule has 5 heteroatoms. The first-order valence-electron chi connectivity index (χ1n) is 6.24. The fourth-order valence-corrected chi connectivity index (χ4v) is 2.07. The first-order valence-corrected chi connectivity index (χ1v) is 6.24. The molecular weight excluding hydrogens is 255 g/mol. The van der Waals surface area contributed by atoms with Gasteiger partial charge in [0, 0.05) is 6.54 Å². The van der Waals surface area contributed by atoms with Crippen LogP contribution in [0.2, 0.25) is 0 Å². The van der Waals surface area contributed by atoms with Gasteiger partial charge < -0.3 is 10.5 Å². The van der Waals surface area contributed by atoms with Crippen LogP contribution in [0.4, 0.5) is 13.2 Å². The van der Waals surface area contributed by atoms with Crippen LogP contribution in [0.5, 0.6) is 5.75 Å². The molecule has 2 N–H and O–H groups in total. The van der Waals surface area contributed by atoms with E-state index in [1.54, 1.807) is 6.07 Å². The Morgan fingerprint density at radius 3 is 2.68 bits per heavy atom. The van der Waals surface area contributed by atoms with E-state index >= 15 is 0 Å². The van der Waals surface area contributed by atoms with Crippen LogP contribution >= 0.6 is 0 Å². The van der Waals surface area contributed by atoms with E-state index in [2.05, 4.69) is 0 Å². The molecule has 19 heavy (non-hydrogen) atoms. The summed E-state index contributed by atoms with van der Waals surface area (Å²) in [4.78, 5) is 0. The van der Waals surface area contributed by atoms with E-state index in [0.29, 0.717) is 5.56 Å². The maximum Gasteiger partial charge on any atom is 0.419 e. The summed E-state index contributed by atoms with van der Waals surface area (Å²) in [6.07, 6.45) is 1.68. The van der Waals surface area contributed by atoms with Gasteiger partial charge in [-0.15, -0.1) is 0 Å². The first-order chi connectivity index (χ1) is 9.00. The fraction of sp³-hybridized carbons (Fsp3) is 0.429. The predicted octanol–water partition coefficient (Wildman–Crippen LogP) is 3.65. The molecule has 0 radical (unpaired) electrons. The van der Waals surface area contributed by atoms with Crippen molar-refractivity contribution in [2.24, 2.45) is 5.73 Å². The Morgan fingerprint density at radius 2 is 2.11 bits per heavy atom. The molecule has 1 atom stereocenters. The van der Waals surface area contributed by atoms with Crippen molar-refractivity contribution in [1.29, 1.82) is 0 Å². The second-order valence-electron chi connectivity index (χ2n) is 4.55. The molecule has 2 nitrogen and oxygen atoms in total. The van der Waals surface area contributed by atoms with Gasteiger partial charge in [-0.05, 0) is 43.0 Å². The van der Waals surface area contributed by atoms with Crippen LogP contribution in [-0.2, 0) is 12.7 Å². The minimum Gasteiger partial charge on any atom is -0.486 e. The zero-order valence-corrected chi connectivity index (χ0v) is 10.4. The third kappa shape index (κ3) is 3.50. The van der Waals surface area contributed by atoms with Crippen LogP contribution < -0.4 is 10.5 Å². The lowest BCUT2D eigenvalue weighted by Gasteiger charge is -2.21. The molecule has 0 bridgehead atoms. The van der Waals surface area contributed by atoms with Gasteiger partial charge in [0.25, 0.3) is 0 Å². The summed E-state index contributed by atoms with van der Waals surface area (Å²) < 4.78 is 44.4. The summed E-state index contributed by atoms with van der Waals surface area (Å²) in [6, 6.07) is 3.98. The van der Waals surface area contributed by atoms with Crippen molar-refractivity contribution >= 4 is 0 Å². The van der Waals surface area contributed by atoms with Gasteiger partial charge in [0.05, 0.1) is 5.56 Å². The van der Waals surface area contributed by atoms with Gasteiger partial charge in [-0.3, -0.25) is 0 Å². The number of hydrogen-bond donors (Lipinski definition) is 1. The van der Waals surface area contributed by atoms with Crippen LogP contribution in [-0.4, -0.2) is 6.10 Å². The Hall–Kier alpha value is -1.49. The normalized spacial score (nSPS) is 19.5. The molecule has 2 rings (SSSR count). The molecule has 1 aliphatic rings. The van der Waals surface area contributed by atoms with Crippen molar-refractivity contribution < 1.29 is 17.9 Å². The minimum atomic E-state index is -4.43. The summed E-state index contributed by atoms with van der Waals surface area (Å²) in [5, 5.41) is 0. The van der Waals surface area contributed by atoms with E-state index in [0.717, 1.165) is 25.3 Å². The van der Waals surface area contributed by atoms with Crippen LogP contribution in [0.15, 0.2) is 30.4 Å². The van der Waals surface area contributed by atoms with E-state index < -0.39 is 11.7 Å². The second kappa shape index (κ2) is 5.65. The van der Waals surface area contributed by atoms with E-state index in [1.165, 1.54) is 6.07 Å². The molecule has 1 unspecified atom stereocenters. The summed E-state index contributed by atoms with van der Waals surface area (Å²) in [7, 11) is 0. The second-order valence-corrected chi connectivity index (χ2v) is 4.55. The van der Waals surface area contributed by atoms with Gasteiger partial charge >= 0.3 is 6.18 Å². The number of halogens is 3. The van der Waals surface area contributed by atoms with Crippen LogP contribution in [0.25, 0.3) is 0 Å². The van der Waals surface area contributed by atoms with E-state index in [4.69, 9.17) is 10.5 Å². The number of hydrogen-bond acceptors (Lipinski definition) is 2. The minimum absolute atomic E-state index is 0.0761. The maximum absolute atomic E-state index is 13.0. The first kappa shape index (κ1) is 13.9. The molecule has 1 aromatic carbocycles. The van der Waals surface area contributed by atoms with Crippen molar-refractivity contribution in [3.63, 3.8) is 0 Å². The third-order valence-electron chi connectivity index (χ3n) is 3.07. The summed E-state index contributed by atoms with van der Waals surface area (Å²) >= 11 is 0. The summed E-state index contributed by atoms with van der Waals surface area (Å²) in [5.41, 5.74) is 5.07. The van der Waals surface area contributed by atoms with Crippen molar-refractivity contribution in [1.82, 2.24) is 0 Å². The highest BCUT2D eigenvalue weighted by Crippen LogP contribution is 2.37. The lowest BCUT2D eigenvalue weighted by Crippen LogP contribution is -2.18. The third-order valence-corrected chi connectivity index (χ3v) is 3.07. The quantitative estimate of drug-likeness (QED) is 0.852. The van der Waals surface area contributed by atoms with E-state index in [-0.39, 0.29) is 18.4 Å². The summed E-state index contributed by atoms with van der Waals surface area (Å²) in [5.74, 6) is -0.124. The van der Waals surface area contributed by atoms with Crippen LogP contribution in [0.3, 0.4) is 0 Å². The molecule has 1 aromatic rings. The molecule has 1 aliphatic carbocycles. The number of benzene rings is 1. The van der Waals surface area contributed by atoms with Gasteiger partial charge in [-0.1, -0.05) is 12.1 Å². The average Bonchev–Trinajstić information content (AvgIpc) is 2.39. The molecule has 0 aliphatic heterocycles. The monoisotopic (exact) mass is 271 g/mol. The van der Waals surface area contributed by atoms with Crippen LogP contribution in [0, 0.1) is 0 Å². The summed E-state index contributed by atoms with van der Waals surface area (Å²) in [6.45, 7) is 0.0761. The zero-order valence-electron chi connectivity index (χ0n) is 10.4. The lowest BCUT2D eigenvalue weighted by molar-refractivity contribution is -0.139. The largest absolute Gasteiger partial charge is 0.486 e. The highest BCUT2D eigenvalue weighted by atomic mass is 19.4. The van der Waals surface area contributed by atoms with Crippen LogP contribution in [0.1, 0.15) is 30.4 Å². The van der Waals surface area contributed by atoms with Crippen molar-refractivity contribution in [2.75, 3.05) is 0 Å². The molecule has 0 fully saturated rings. The van der Waals surface area contributed by atoms with Crippen molar-refractivity contribution in [3.05, 3.63) is 41.5 Å².